The van der Waals surface area contributed by atoms with E-state index in [1.54, 1.807) is 6.92 Å². The quantitative estimate of drug-likeness (QED) is 0.284. The second-order valence-corrected chi connectivity index (χ2v) is 11.5. The minimum absolute atomic E-state index is 0.0115. The van der Waals surface area contributed by atoms with Crippen LogP contribution in [-0.4, -0.2) is 29.0 Å². The van der Waals surface area contributed by atoms with Crippen LogP contribution in [-0.2, 0) is 19.1 Å². The molecule has 0 aromatic carbocycles. The fraction of sp³-hybridized carbons (Fsp3) is 0.741. The smallest absolute Gasteiger partial charge is 0.306 e. The molecule has 0 saturated heterocycles. The summed E-state index contributed by atoms with van der Waals surface area (Å²) in [7, 11) is 0. The van der Waals surface area contributed by atoms with Gasteiger partial charge in [0.25, 0.3) is 0 Å². The van der Waals surface area contributed by atoms with E-state index in [2.05, 4.69) is 32.9 Å². The third kappa shape index (κ3) is 3.35. The molecule has 0 aliphatic heterocycles. The number of fused-ring (bicyclic) bond motifs is 5. The summed E-state index contributed by atoms with van der Waals surface area (Å²) >= 11 is 5.77. The van der Waals surface area contributed by atoms with Gasteiger partial charge in [-0.1, -0.05) is 32.9 Å². The molecule has 0 radical (unpaired) electrons. The van der Waals surface area contributed by atoms with E-state index in [9.17, 15) is 14.4 Å². The number of Topliss-reactive ketones (excluding diaryl/α,β-unsaturated/α-hetero) is 1. The number of halogens is 1. The zero-order valence-corrected chi connectivity index (χ0v) is 20.7. The fourth-order valence-corrected chi connectivity index (χ4v) is 8.15. The van der Waals surface area contributed by atoms with Crippen molar-refractivity contribution in [3.8, 4) is 0 Å². The van der Waals surface area contributed by atoms with Crippen LogP contribution in [0.1, 0.15) is 79.1 Å². The van der Waals surface area contributed by atoms with Gasteiger partial charge in [-0.3, -0.25) is 14.4 Å². The molecule has 0 amide bonds. The molecule has 0 N–H and O–H groups in total. The third-order valence-corrected chi connectivity index (χ3v) is 9.88. The molecule has 5 heteroatoms. The first kappa shape index (κ1) is 23.7. The predicted molar refractivity (Wildman–Crippen MR) is 125 cm³/mol. The molecule has 4 rings (SSSR count). The number of carbonyl (C=O) groups excluding carboxylic acids is 3. The molecule has 4 nitrogen and oxygen atoms in total. The molecule has 2 saturated carbocycles. The summed E-state index contributed by atoms with van der Waals surface area (Å²) in [6, 6.07) is 0. The molecule has 176 valence electrons. The monoisotopic (exact) mass is 460 g/mol. The van der Waals surface area contributed by atoms with Crippen molar-refractivity contribution in [2.75, 3.05) is 5.88 Å². The molecule has 0 heterocycles. The van der Waals surface area contributed by atoms with Crippen LogP contribution in [0.5, 0.6) is 0 Å². The highest BCUT2D eigenvalue weighted by Crippen LogP contribution is 2.68. The summed E-state index contributed by atoms with van der Waals surface area (Å²) in [5.41, 5.74) is -0.257. The molecule has 4 aliphatic rings. The first-order valence-electron chi connectivity index (χ1n) is 12.3. The van der Waals surface area contributed by atoms with Crippen LogP contribution in [0.3, 0.4) is 0 Å². The Hall–Kier alpha value is -1.42. The van der Waals surface area contributed by atoms with E-state index in [1.165, 1.54) is 5.57 Å². The third-order valence-electron chi connectivity index (χ3n) is 9.62. The summed E-state index contributed by atoms with van der Waals surface area (Å²) in [6.07, 6.45) is 12.3. The van der Waals surface area contributed by atoms with Gasteiger partial charge in [-0.15, -0.1) is 11.6 Å². The SMILES string of the molecule is CC(=O)[C@@]1(OC(=O)CCCCCl)C(C)C[C@H]2[C@@H]3C=CC4=CC(=O)CC[C@]4(C)[C@H]3CC[C@@]21C. The molecule has 0 bridgehead atoms. The van der Waals surface area contributed by atoms with Gasteiger partial charge in [-0.25, -0.2) is 0 Å². The molecule has 0 aromatic heterocycles. The van der Waals surface area contributed by atoms with Crippen molar-refractivity contribution in [3.05, 3.63) is 23.8 Å². The van der Waals surface area contributed by atoms with Gasteiger partial charge in [0.15, 0.2) is 17.2 Å². The molecule has 2 fully saturated rings. The lowest BCUT2D eigenvalue weighted by molar-refractivity contribution is -0.192. The molecule has 1 unspecified atom stereocenters. The topological polar surface area (TPSA) is 60.4 Å². The van der Waals surface area contributed by atoms with Crippen molar-refractivity contribution in [3.63, 3.8) is 0 Å². The zero-order chi connectivity index (χ0) is 23.3. The van der Waals surface area contributed by atoms with E-state index in [0.29, 0.717) is 37.0 Å². The van der Waals surface area contributed by atoms with E-state index in [-0.39, 0.29) is 40.2 Å². The predicted octanol–water partition coefficient (Wildman–Crippen LogP) is 5.82. The molecule has 4 aliphatic carbocycles. The Kier molecular flexibility index (Phi) is 6.24. The van der Waals surface area contributed by atoms with Crippen LogP contribution in [0.2, 0.25) is 0 Å². The normalized spacial score (nSPS) is 42.5. The number of esters is 1. The Morgan fingerprint density at radius 2 is 1.94 bits per heavy atom. The number of carbonyl (C=O) groups is 3. The maximum Gasteiger partial charge on any atom is 0.306 e. The molecule has 0 spiro atoms. The van der Waals surface area contributed by atoms with Crippen molar-refractivity contribution in [1.82, 2.24) is 0 Å². The van der Waals surface area contributed by atoms with Crippen LogP contribution >= 0.6 is 11.6 Å². The highest BCUT2D eigenvalue weighted by Gasteiger charge is 2.70. The van der Waals surface area contributed by atoms with Gasteiger partial charge in [0.2, 0.25) is 0 Å². The van der Waals surface area contributed by atoms with Gasteiger partial charge in [0.05, 0.1) is 0 Å². The minimum Gasteiger partial charge on any atom is -0.450 e. The number of rotatable bonds is 6. The van der Waals surface area contributed by atoms with Crippen LogP contribution in [0.25, 0.3) is 0 Å². The first-order chi connectivity index (χ1) is 15.1. The average molecular weight is 461 g/mol. The number of unbranched alkanes of at least 4 members (excludes halogenated alkanes) is 1. The van der Waals surface area contributed by atoms with Gasteiger partial charge in [-0.2, -0.15) is 0 Å². The van der Waals surface area contributed by atoms with E-state index in [0.717, 1.165) is 32.1 Å². The van der Waals surface area contributed by atoms with Crippen LogP contribution in [0.15, 0.2) is 23.8 Å². The Balaban J connectivity index is 1.68. The van der Waals surface area contributed by atoms with E-state index < -0.39 is 5.60 Å². The Bertz CT molecular complexity index is 875. The summed E-state index contributed by atoms with van der Waals surface area (Å²) in [4.78, 5) is 38.1. The lowest BCUT2D eigenvalue weighted by Gasteiger charge is -2.57. The lowest BCUT2D eigenvalue weighted by Crippen LogP contribution is -2.59. The zero-order valence-electron chi connectivity index (χ0n) is 19.9. The van der Waals surface area contributed by atoms with Gasteiger partial charge in [0.1, 0.15) is 0 Å². The first-order valence-corrected chi connectivity index (χ1v) is 12.9. The van der Waals surface area contributed by atoms with E-state index in [4.69, 9.17) is 16.3 Å². The molecule has 32 heavy (non-hydrogen) atoms. The van der Waals surface area contributed by atoms with Crippen molar-refractivity contribution < 1.29 is 19.1 Å². The number of allylic oxidation sites excluding steroid dienone is 4. The van der Waals surface area contributed by atoms with Gasteiger partial charge < -0.3 is 4.74 Å². The van der Waals surface area contributed by atoms with Crippen molar-refractivity contribution in [2.45, 2.75) is 84.7 Å². The van der Waals surface area contributed by atoms with E-state index >= 15 is 0 Å². The number of ether oxygens (including phenoxy) is 1. The molecular weight excluding hydrogens is 424 g/mol. The summed E-state index contributed by atoms with van der Waals surface area (Å²) in [6.45, 7) is 8.21. The van der Waals surface area contributed by atoms with Crippen molar-refractivity contribution in [2.24, 2.45) is 34.5 Å². The largest absolute Gasteiger partial charge is 0.450 e. The van der Waals surface area contributed by atoms with Gasteiger partial charge in [0, 0.05) is 30.1 Å². The summed E-state index contributed by atoms with van der Waals surface area (Å²) < 4.78 is 6.21. The van der Waals surface area contributed by atoms with Gasteiger partial charge >= 0.3 is 5.97 Å². The number of hydrogen-bond donors (Lipinski definition) is 0. The number of alkyl halides is 1. The number of hydrogen-bond acceptors (Lipinski definition) is 4. The average Bonchev–Trinajstić information content (AvgIpc) is 2.96. The summed E-state index contributed by atoms with van der Waals surface area (Å²) in [5, 5.41) is 0. The Morgan fingerprint density at radius 3 is 2.62 bits per heavy atom. The fourth-order valence-electron chi connectivity index (χ4n) is 7.96. The van der Waals surface area contributed by atoms with Crippen LogP contribution in [0, 0.1) is 34.5 Å². The Morgan fingerprint density at radius 1 is 1.19 bits per heavy atom. The number of ketones is 2. The summed E-state index contributed by atoms with van der Waals surface area (Å²) in [5.74, 6) is 1.52. The van der Waals surface area contributed by atoms with Crippen LogP contribution in [0.4, 0.5) is 0 Å². The second kappa shape index (κ2) is 8.42. The maximum atomic E-state index is 13.2. The van der Waals surface area contributed by atoms with Crippen molar-refractivity contribution >= 4 is 29.1 Å². The highest BCUT2D eigenvalue weighted by atomic mass is 35.5. The van der Waals surface area contributed by atoms with Crippen LogP contribution < -0.4 is 0 Å². The maximum absolute atomic E-state index is 13.2. The molecule has 0 aromatic rings. The molecular formula is C27H37ClO4. The Labute approximate surface area is 197 Å². The standard InChI is InChI=1S/C27H37ClO4/c1-17-15-23-21-9-8-19-16-20(30)10-12-25(19,3)22(21)11-13-26(23,4)27(17,18(2)29)32-24(31)7-5-6-14-28/h8-9,16-17,21-23H,5-7,10-15H2,1-4H3/t17?,21-,22+,23+,25+,26+,27+/m1/s1. The lowest BCUT2D eigenvalue weighted by atomic mass is 9.48. The second-order valence-electron chi connectivity index (χ2n) is 11.1. The van der Waals surface area contributed by atoms with Crippen molar-refractivity contribution in [1.29, 1.82) is 0 Å². The minimum atomic E-state index is -1.06. The highest BCUT2D eigenvalue weighted by molar-refractivity contribution is 6.17. The van der Waals surface area contributed by atoms with Gasteiger partial charge in [-0.05, 0) is 80.3 Å². The molecule has 7 atom stereocenters. The van der Waals surface area contributed by atoms with E-state index in [1.807, 2.05) is 6.08 Å².